The van der Waals surface area contributed by atoms with Crippen LogP contribution in [0.5, 0.6) is 0 Å². The van der Waals surface area contributed by atoms with E-state index < -0.39 is 13.5 Å². The minimum atomic E-state index is -2.60. The van der Waals surface area contributed by atoms with Gasteiger partial charge in [0.25, 0.3) is 0 Å². The molecule has 8 heteroatoms. The molecule has 3 unspecified atom stereocenters. The Bertz CT molecular complexity index is 338. The average molecular weight is 370 g/mol. The zero-order valence-electron chi connectivity index (χ0n) is 15.5. The van der Waals surface area contributed by atoms with E-state index in [4.69, 9.17) is 23.8 Å². The molecule has 0 saturated carbocycles. The third-order valence-corrected chi connectivity index (χ3v) is 5.03. The van der Waals surface area contributed by atoms with E-state index in [9.17, 15) is 9.67 Å². The van der Waals surface area contributed by atoms with E-state index in [1.54, 1.807) is 6.66 Å². The van der Waals surface area contributed by atoms with Crippen LogP contribution in [0.15, 0.2) is 0 Å². The lowest BCUT2D eigenvalue weighted by Gasteiger charge is -2.20. The summed E-state index contributed by atoms with van der Waals surface area (Å²) in [5.41, 5.74) is 0. The molecule has 0 saturated heterocycles. The summed E-state index contributed by atoms with van der Waals surface area (Å²) in [6.07, 6.45) is 0.0417. The predicted molar refractivity (Wildman–Crippen MR) is 93.9 cm³/mol. The molecule has 7 nitrogen and oxygen atoms in total. The Morgan fingerprint density at radius 1 is 1.08 bits per heavy atom. The summed E-state index contributed by atoms with van der Waals surface area (Å²) in [5, 5.41) is 18.2. The lowest BCUT2D eigenvalue weighted by molar-refractivity contribution is -0.0872. The normalized spacial score (nSPS) is 17.0. The van der Waals surface area contributed by atoms with Crippen LogP contribution in [0.25, 0.3) is 0 Å². The molecule has 0 amide bonds. The van der Waals surface area contributed by atoms with Crippen LogP contribution >= 0.6 is 7.37 Å². The summed E-state index contributed by atoms with van der Waals surface area (Å²) in [4.78, 5) is 0. The quantitative estimate of drug-likeness (QED) is 0.316. The smallest absolute Gasteiger partial charge is 0.202 e. The van der Waals surface area contributed by atoms with E-state index >= 15 is 0 Å². The standard InChI is InChI=1S/C16H35O7P/c1-5-23-24(4,19)9-8-21-13-16(22-11-15(18)10-17)12-20-7-6-14(2)3/h14-18H,5-13H2,1-4H3. The van der Waals surface area contributed by atoms with Gasteiger partial charge < -0.3 is 28.9 Å². The second-order valence-corrected chi connectivity index (χ2v) is 9.01. The van der Waals surface area contributed by atoms with Crippen molar-refractivity contribution in [3.8, 4) is 0 Å². The van der Waals surface area contributed by atoms with Crippen molar-refractivity contribution in [3.63, 3.8) is 0 Å². The van der Waals surface area contributed by atoms with Crippen molar-refractivity contribution in [2.75, 3.05) is 59.1 Å². The van der Waals surface area contributed by atoms with Crippen LogP contribution in [0, 0.1) is 5.92 Å². The molecule has 0 aliphatic carbocycles. The maximum absolute atomic E-state index is 12.0. The van der Waals surface area contributed by atoms with Crippen molar-refractivity contribution < 1.29 is 33.5 Å². The van der Waals surface area contributed by atoms with E-state index in [2.05, 4.69) is 13.8 Å². The fourth-order valence-electron chi connectivity index (χ4n) is 1.76. The third kappa shape index (κ3) is 14.3. The van der Waals surface area contributed by atoms with Crippen molar-refractivity contribution in [1.29, 1.82) is 0 Å². The lowest BCUT2D eigenvalue weighted by Crippen LogP contribution is -2.31. The minimum Gasteiger partial charge on any atom is -0.394 e. The van der Waals surface area contributed by atoms with Crippen LogP contribution in [-0.4, -0.2) is 81.5 Å². The summed E-state index contributed by atoms with van der Waals surface area (Å²) in [5.74, 6) is 0.564. The average Bonchev–Trinajstić information content (AvgIpc) is 2.51. The summed E-state index contributed by atoms with van der Waals surface area (Å²) < 4.78 is 33.8. The predicted octanol–water partition coefficient (Wildman–Crippen LogP) is 1.75. The molecule has 0 aliphatic heterocycles. The Balaban J connectivity index is 4.10. The van der Waals surface area contributed by atoms with Crippen LogP contribution in [0.3, 0.4) is 0 Å². The molecule has 0 fully saturated rings. The first-order valence-corrected chi connectivity index (χ1v) is 10.8. The van der Waals surface area contributed by atoms with Gasteiger partial charge in [0.05, 0.1) is 39.6 Å². The monoisotopic (exact) mass is 370 g/mol. The Morgan fingerprint density at radius 3 is 2.25 bits per heavy atom. The molecule has 0 spiro atoms. The molecule has 0 aromatic rings. The lowest BCUT2D eigenvalue weighted by atomic mass is 10.1. The van der Waals surface area contributed by atoms with Crippen molar-refractivity contribution in [2.24, 2.45) is 5.92 Å². The molecule has 24 heavy (non-hydrogen) atoms. The number of rotatable bonds is 16. The van der Waals surface area contributed by atoms with Gasteiger partial charge in [-0.1, -0.05) is 13.8 Å². The molecule has 0 aromatic heterocycles. The number of hydrogen-bond donors (Lipinski definition) is 2. The molecule has 0 aromatic carbocycles. The first-order valence-electron chi connectivity index (χ1n) is 8.57. The van der Waals surface area contributed by atoms with Crippen LogP contribution in [0.4, 0.5) is 0 Å². The van der Waals surface area contributed by atoms with Gasteiger partial charge in [-0.05, 0) is 19.3 Å². The molecule has 0 aliphatic rings. The van der Waals surface area contributed by atoms with Crippen LogP contribution in [0.1, 0.15) is 27.2 Å². The fraction of sp³-hybridized carbons (Fsp3) is 1.00. The highest BCUT2D eigenvalue weighted by Gasteiger charge is 2.17. The van der Waals surface area contributed by atoms with E-state index in [-0.39, 0.29) is 25.9 Å². The van der Waals surface area contributed by atoms with Crippen molar-refractivity contribution >= 4 is 7.37 Å². The number of aliphatic hydroxyl groups excluding tert-OH is 2. The number of ether oxygens (including phenoxy) is 3. The maximum atomic E-state index is 12.0. The first-order chi connectivity index (χ1) is 11.3. The number of aliphatic hydroxyl groups is 2. The van der Waals surface area contributed by atoms with E-state index in [1.807, 2.05) is 6.92 Å². The van der Waals surface area contributed by atoms with Crippen molar-refractivity contribution in [3.05, 3.63) is 0 Å². The minimum absolute atomic E-state index is 0.0171. The van der Waals surface area contributed by atoms with E-state index in [1.165, 1.54) is 0 Å². The third-order valence-electron chi connectivity index (χ3n) is 3.23. The van der Waals surface area contributed by atoms with Gasteiger partial charge in [-0.25, -0.2) is 0 Å². The molecular formula is C16H35O7P. The molecule has 3 atom stereocenters. The maximum Gasteiger partial charge on any atom is 0.202 e. The van der Waals surface area contributed by atoms with Crippen molar-refractivity contribution in [1.82, 2.24) is 0 Å². The Hall–Kier alpha value is -0.0100. The second-order valence-electron chi connectivity index (χ2n) is 6.28. The second kappa shape index (κ2) is 14.2. The van der Waals surface area contributed by atoms with E-state index in [0.717, 1.165) is 6.42 Å². The van der Waals surface area contributed by atoms with Gasteiger partial charge in [0.1, 0.15) is 12.2 Å². The van der Waals surface area contributed by atoms with Gasteiger partial charge in [-0.2, -0.15) is 0 Å². The van der Waals surface area contributed by atoms with Crippen molar-refractivity contribution in [2.45, 2.75) is 39.4 Å². The molecule has 0 radical (unpaired) electrons. The molecule has 0 heterocycles. The fourth-order valence-corrected chi connectivity index (χ4v) is 2.90. The Kier molecular flexibility index (Phi) is 14.2. The Morgan fingerprint density at radius 2 is 1.71 bits per heavy atom. The van der Waals surface area contributed by atoms with Crippen LogP contribution in [0.2, 0.25) is 0 Å². The molecule has 146 valence electrons. The van der Waals surface area contributed by atoms with Gasteiger partial charge >= 0.3 is 0 Å². The van der Waals surface area contributed by atoms with Gasteiger partial charge in [-0.3, -0.25) is 4.57 Å². The van der Waals surface area contributed by atoms with Crippen LogP contribution < -0.4 is 0 Å². The van der Waals surface area contributed by atoms with Gasteiger partial charge in [0.2, 0.25) is 7.37 Å². The molecule has 0 bridgehead atoms. The molecular weight excluding hydrogens is 335 g/mol. The summed E-state index contributed by atoms with van der Waals surface area (Å²) in [6, 6.07) is 0. The highest BCUT2D eigenvalue weighted by atomic mass is 31.2. The SMILES string of the molecule is CCOP(C)(=O)CCOCC(COCCC(C)C)OCC(O)CO. The zero-order chi connectivity index (χ0) is 18.4. The zero-order valence-corrected chi connectivity index (χ0v) is 16.4. The topological polar surface area (TPSA) is 94.5 Å². The van der Waals surface area contributed by atoms with Gasteiger partial charge in [-0.15, -0.1) is 0 Å². The molecule has 2 N–H and O–H groups in total. The first kappa shape index (κ1) is 24.0. The summed E-state index contributed by atoms with van der Waals surface area (Å²) in [7, 11) is -2.60. The van der Waals surface area contributed by atoms with E-state index in [0.29, 0.717) is 38.5 Å². The highest BCUT2D eigenvalue weighted by Crippen LogP contribution is 2.41. The van der Waals surface area contributed by atoms with Gasteiger partial charge in [0, 0.05) is 19.4 Å². The highest BCUT2D eigenvalue weighted by molar-refractivity contribution is 7.58. The molecule has 0 rings (SSSR count). The van der Waals surface area contributed by atoms with Crippen LogP contribution in [-0.2, 0) is 23.3 Å². The van der Waals surface area contributed by atoms with Gasteiger partial charge in [0.15, 0.2) is 0 Å². The largest absolute Gasteiger partial charge is 0.394 e. The summed E-state index contributed by atoms with van der Waals surface area (Å²) >= 11 is 0. The Labute approximate surface area is 146 Å². The number of hydrogen-bond acceptors (Lipinski definition) is 7. The summed E-state index contributed by atoms with van der Waals surface area (Å²) in [6.45, 7) is 9.30.